The Bertz CT molecular complexity index is 1070. The van der Waals surface area contributed by atoms with Gasteiger partial charge in [-0.15, -0.1) is 12.6 Å². The summed E-state index contributed by atoms with van der Waals surface area (Å²) in [5, 5.41) is 6.27. The largest absolute Gasteiger partial charge is 0.401 e. The van der Waals surface area contributed by atoms with Crippen LogP contribution in [-0.4, -0.2) is 41.2 Å². The molecule has 2 fully saturated rings. The van der Waals surface area contributed by atoms with Crippen molar-refractivity contribution < 1.29 is 14.4 Å². The highest BCUT2D eigenvalue weighted by Crippen LogP contribution is 2.45. The fraction of sp³-hybridized carbons (Fsp3) is 0.633. The molecule has 8 heteroatoms. The lowest BCUT2D eigenvalue weighted by Crippen LogP contribution is -2.58. The van der Waals surface area contributed by atoms with E-state index in [0.717, 1.165) is 41.7 Å². The third kappa shape index (κ3) is 7.13. The molecule has 1 aromatic rings. The molecule has 0 radical (unpaired) electrons. The molecule has 210 valence electrons. The van der Waals surface area contributed by atoms with Gasteiger partial charge in [0.15, 0.2) is 0 Å². The average Bonchev–Trinajstić information content (AvgIpc) is 3.39. The zero-order valence-electron chi connectivity index (χ0n) is 24.1. The third-order valence-corrected chi connectivity index (χ3v) is 8.37. The number of allylic oxidation sites excluding steroid dienone is 1. The summed E-state index contributed by atoms with van der Waals surface area (Å²) in [6, 6.07) is 6.52. The molecule has 3 rings (SSSR count). The molecule has 1 saturated carbocycles. The minimum atomic E-state index is -0.686. The van der Waals surface area contributed by atoms with Crippen LogP contribution in [0.2, 0.25) is 0 Å². The summed E-state index contributed by atoms with van der Waals surface area (Å²) in [7, 11) is 0. The molecule has 3 atom stereocenters. The summed E-state index contributed by atoms with van der Waals surface area (Å²) in [5.41, 5.74) is 7.61. The van der Waals surface area contributed by atoms with Crippen LogP contribution in [0.25, 0.3) is 4.91 Å². The minimum absolute atomic E-state index is 0.0736. The molecule has 1 aliphatic carbocycles. The maximum atomic E-state index is 13.8. The Morgan fingerprint density at radius 1 is 1.13 bits per heavy atom. The minimum Gasteiger partial charge on any atom is -0.401 e. The number of carbonyl (C=O) groups excluding carboxylic acids is 3. The number of nitrogens with one attached hydrogen (secondary N) is 2. The molecular formula is C30H46N4O3S. The van der Waals surface area contributed by atoms with Crippen LogP contribution in [0.5, 0.6) is 0 Å². The van der Waals surface area contributed by atoms with Crippen LogP contribution < -0.4 is 16.4 Å². The van der Waals surface area contributed by atoms with Gasteiger partial charge in [0.2, 0.25) is 17.7 Å². The standard InChI is InChI=1S/C30H46N4O3S/c1-18(2)17-22(20-10-12-21(13-11-20)24(38)19(3)31)32-26(35)23-9-8-16-34(23)27(36)25(29(4,5)6)33-28(37)30(7)14-15-30/h10-13,18,22-23,25,38H,8-9,14-17,31H2,1-7H3,(H,32,35)(H,33,37)/b24-19-/t22-,23-,25+/m0/s1. The first-order chi connectivity index (χ1) is 17.6. The van der Waals surface area contributed by atoms with Gasteiger partial charge in [0.25, 0.3) is 0 Å². The van der Waals surface area contributed by atoms with E-state index in [4.69, 9.17) is 5.73 Å². The first kappa shape index (κ1) is 30.1. The van der Waals surface area contributed by atoms with Gasteiger partial charge in [-0.2, -0.15) is 0 Å². The number of likely N-dealkylation sites (tertiary alicyclic amines) is 1. The van der Waals surface area contributed by atoms with Crippen molar-refractivity contribution >= 4 is 35.3 Å². The molecule has 0 bridgehead atoms. The van der Waals surface area contributed by atoms with Crippen molar-refractivity contribution in [2.24, 2.45) is 22.5 Å². The Kier molecular flexibility index (Phi) is 9.28. The summed E-state index contributed by atoms with van der Waals surface area (Å²) in [4.78, 5) is 42.7. The van der Waals surface area contributed by atoms with Gasteiger partial charge in [-0.05, 0) is 61.5 Å². The molecule has 4 N–H and O–H groups in total. The van der Waals surface area contributed by atoms with Crippen molar-refractivity contribution in [2.75, 3.05) is 6.54 Å². The first-order valence-corrected chi connectivity index (χ1v) is 14.3. The molecule has 1 heterocycles. The van der Waals surface area contributed by atoms with E-state index < -0.39 is 17.5 Å². The Labute approximate surface area is 233 Å². The van der Waals surface area contributed by atoms with E-state index in [2.05, 4.69) is 37.1 Å². The molecule has 0 aromatic heterocycles. The number of nitrogens with zero attached hydrogens (tertiary/aromatic N) is 1. The van der Waals surface area contributed by atoms with Crippen molar-refractivity contribution in [3.8, 4) is 0 Å². The van der Waals surface area contributed by atoms with Crippen molar-refractivity contribution in [1.82, 2.24) is 15.5 Å². The number of amides is 3. The van der Waals surface area contributed by atoms with Crippen molar-refractivity contribution in [3.05, 3.63) is 41.1 Å². The highest BCUT2D eigenvalue weighted by atomic mass is 32.1. The van der Waals surface area contributed by atoms with Gasteiger partial charge < -0.3 is 21.3 Å². The lowest BCUT2D eigenvalue weighted by Gasteiger charge is -2.36. The fourth-order valence-electron chi connectivity index (χ4n) is 4.96. The van der Waals surface area contributed by atoms with Crippen LogP contribution in [0.1, 0.15) is 97.7 Å². The van der Waals surface area contributed by atoms with Gasteiger partial charge in [-0.3, -0.25) is 14.4 Å². The molecule has 0 unspecified atom stereocenters. The van der Waals surface area contributed by atoms with E-state index in [-0.39, 0.29) is 29.2 Å². The van der Waals surface area contributed by atoms with Crippen LogP contribution in [0.3, 0.4) is 0 Å². The molecule has 1 aromatic carbocycles. The van der Waals surface area contributed by atoms with Crippen molar-refractivity contribution in [1.29, 1.82) is 0 Å². The van der Waals surface area contributed by atoms with Gasteiger partial charge in [-0.1, -0.05) is 65.8 Å². The lowest BCUT2D eigenvalue weighted by atomic mass is 9.85. The summed E-state index contributed by atoms with van der Waals surface area (Å²) in [5.74, 6) is -0.0401. The van der Waals surface area contributed by atoms with Gasteiger partial charge in [0.05, 0.1) is 6.04 Å². The number of nitrogens with two attached hydrogens (primary N) is 1. The first-order valence-electron chi connectivity index (χ1n) is 13.8. The summed E-state index contributed by atoms with van der Waals surface area (Å²) in [6.07, 6.45) is 3.81. The number of hydrogen-bond donors (Lipinski definition) is 4. The average molecular weight is 543 g/mol. The van der Waals surface area contributed by atoms with E-state index in [0.29, 0.717) is 24.6 Å². The Morgan fingerprint density at radius 3 is 2.24 bits per heavy atom. The predicted octanol–water partition coefficient (Wildman–Crippen LogP) is 4.79. The summed E-state index contributed by atoms with van der Waals surface area (Å²) < 4.78 is 0. The van der Waals surface area contributed by atoms with E-state index >= 15 is 0 Å². The Morgan fingerprint density at radius 2 is 1.74 bits per heavy atom. The normalized spacial score (nSPS) is 21.0. The SMILES string of the molecule is C/C(N)=C(/S)c1ccc([C@H](CC(C)C)NC(=O)[C@@H]2CCCN2C(=O)[C@@H](NC(=O)C2(C)CC2)C(C)(C)C)cc1. The predicted molar refractivity (Wildman–Crippen MR) is 156 cm³/mol. The van der Waals surface area contributed by atoms with Crippen LogP contribution in [-0.2, 0) is 14.4 Å². The van der Waals surface area contributed by atoms with Gasteiger partial charge in [0.1, 0.15) is 12.1 Å². The van der Waals surface area contributed by atoms with Crippen molar-refractivity contribution in [2.45, 2.75) is 98.7 Å². The molecule has 7 nitrogen and oxygen atoms in total. The van der Waals surface area contributed by atoms with Crippen molar-refractivity contribution in [3.63, 3.8) is 0 Å². The number of thiol groups is 1. The van der Waals surface area contributed by atoms with E-state index in [1.807, 2.05) is 58.9 Å². The monoisotopic (exact) mass is 542 g/mol. The van der Waals surface area contributed by atoms with Crippen LogP contribution in [0, 0.1) is 16.7 Å². The molecule has 0 spiro atoms. The highest BCUT2D eigenvalue weighted by molar-refractivity contribution is 7.90. The number of hydrogen-bond acceptors (Lipinski definition) is 5. The smallest absolute Gasteiger partial charge is 0.246 e. The molecule has 38 heavy (non-hydrogen) atoms. The van der Waals surface area contributed by atoms with E-state index in [1.54, 1.807) is 4.90 Å². The van der Waals surface area contributed by atoms with E-state index in [9.17, 15) is 14.4 Å². The van der Waals surface area contributed by atoms with Crippen LogP contribution in [0.4, 0.5) is 0 Å². The fourth-order valence-corrected chi connectivity index (χ4v) is 5.11. The van der Waals surface area contributed by atoms with Crippen LogP contribution in [0.15, 0.2) is 30.0 Å². The van der Waals surface area contributed by atoms with Gasteiger partial charge in [0, 0.05) is 22.6 Å². The number of rotatable bonds is 9. The zero-order chi connectivity index (χ0) is 28.4. The molecule has 1 saturated heterocycles. The third-order valence-electron chi connectivity index (χ3n) is 7.76. The zero-order valence-corrected chi connectivity index (χ0v) is 25.0. The molecule has 1 aliphatic heterocycles. The topological polar surface area (TPSA) is 105 Å². The second-order valence-electron chi connectivity index (χ2n) is 12.9. The summed E-state index contributed by atoms with van der Waals surface area (Å²) in [6.45, 7) is 14.4. The second kappa shape index (κ2) is 11.7. The van der Waals surface area contributed by atoms with Gasteiger partial charge in [-0.25, -0.2) is 0 Å². The van der Waals surface area contributed by atoms with E-state index in [1.165, 1.54) is 0 Å². The Hall–Kier alpha value is -2.48. The molecule has 2 aliphatic rings. The Balaban J connectivity index is 1.78. The van der Waals surface area contributed by atoms with Gasteiger partial charge >= 0.3 is 0 Å². The highest BCUT2D eigenvalue weighted by Gasteiger charge is 2.48. The maximum absolute atomic E-state index is 13.8. The molecule has 3 amide bonds. The quantitative estimate of drug-likeness (QED) is 0.337. The summed E-state index contributed by atoms with van der Waals surface area (Å²) >= 11 is 4.50. The lowest BCUT2D eigenvalue weighted by molar-refractivity contribution is -0.144. The maximum Gasteiger partial charge on any atom is 0.246 e. The van der Waals surface area contributed by atoms with Crippen LogP contribution >= 0.6 is 12.6 Å². The number of benzene rings is 1. The molecular weight excluding hydrogens is 496 g/mol. The second-order valence-corrected chi connectivity index (χ2v) is 13.3. The number of carbonyl (C=O) groups is 3.